The number of hydrogen-bond donors (Lipinski definition) is 4. The number of aromatic amines is 1. The van der Waals surface area contributed by atoms with Crippen molar-refractivity contribution in [2.45, 2.75) is 40.2 Å². The molecule has 4 N–H and O–H groups in total. The fourth-order valence-corrected chi connectivity index (χ4v) is 2.63. The number of likely N-dealkylation sites (N-methyl/N-ethyl adjacent to an activating group) is 1. The third kappa shape index (κ3) is 5.18. The van der Waals surface area contributed by atoms with Gasteiger partial charge in [0.25, 0.3) is 5.56 Å². The Morgan fingerprint density at radius 2 is 2.09 bits per heavy atom. The van der Waals surface area contributed by atoms with Gasteiger partial charge in [-0.15, -0.1) is 0 Å². The molecule has 23 heavy (non-hydrogen) atoms. The van der Waals surface area contributed by atoms with Crippen molar-refractivity contribution in [3.63, 3.8) is 0 Å². The van der Waals surface area contributed by atoms with Gasteiger partial charge >= 0.3 is 0 Å². The summed E-state index contributed by atoms with van der Waals surface area (Å²) >= 11 is 5.12. The molecule has 1 rings (SSSR count). The lowest BCUT2D eigenvalue weighted by molar-refractivity contribution is -0.895. The zero-order valence-electron chi connectivity index (χ0n) is 14.3. The van der Waals surface area contributed by atoms with Gasteiger partial charge in [-0.1, -0.05) is 6.92 Å². The Labute approximate surface area is 142 Å². The second-order valence-corrected chi connectivity index (χ2v) is 5.88. The lowest BCUT2D eigenvalue weighted by atomic mass is 10.2. The monoisotopic (exact) mass is 342 g/mol. The Balaban J connectivity index is 2.86. The maximum absolute atomic E-state index is 12.0. The molecular weight excluding hydrogens is 314 g/mol. The van der Waals surface area contributed by atoms with E-state index in [1.54, 1.807) is 0 Å². The Bertz CT molecular complexity index is 634. The van der Waals surface area contributed by atoms with Crippen molar-refractivity contribution in [1.82, 2.24) is 15.0 Å². The van der Waals surface area contributed by atoms with E-state index in [0.717, 1.165) is 26.1 Å². The van der Waals surface area contributed by atoms with E-state index in [-0.39, 0.29) is 22.3 Å². The summed E-state index contributed by atoms with van der Waals surface area (Å²) in [6.45, 7) is 12.0. The van der Waals surface area contributed by atoms with E-state index in [9.17, 15) is 9.90 Å². The van der Waals surface area contributed by atoms with E-state index in [4.69, 9.17) is 12.2 Å². The summed E-state index contributed by atoms with van der Waals surface area (Å²) in [6.07, 6.45) is 2.13. The van der Waals surface area contributed by atoms with Gasteiger partial charge in [-0.05, 0) is 39.4 Å². The molecule has 0 fully saturated rings. The van der Waals surface area contributed by atoms with Crippen LogP contribution in [0.1, 0.15) is 45.7 Å². The maximum atomic E-state index is 12.0. The largest absolute Gasteiger partial charge is 0.494 e. The summed E-state index contributed by atoms with van der Waals surface area (Å²) in [6, 6.07) is -0.00859. The summed E-state index contributed by atoms with van der Waals surface area (Å²) in [5.74, 6) is -0.145. The molecule has 0 spiro atoms. The van der Waals surface area contributed by atoms with Gasteiger partial charge in [-0.3, -0.25) is 14.3 Å². The molecule has 1 aromatic heterocycles. The second kappa shape index (κ2) is 9.46. The van der Waals surface area contributed by atoms with Crippen LogP contribution in [0, 0.1) is 4.77 Å². The summed E-state index contributed by atoms with van der Waals surface area (Å²) < 4.78 is 1.76. The minimum absolute atomic E-state index is 0.00859. The first-order valence-electron chi connectivity index (χ1n) is 8.13. The van der Waals surface area contributed by atoms with Crippen molar-refractivity contribution in [3.8, 4) is 5.88 Å². The third-order valence-corrected chi connectivity index (χ3v) is 4.36. The van der Waals surface area contributed by atoms with Crippen molar-refractivity contribution in [1.29, 1.82) is 0 Å². The van der Waals surface area contributed by atoms with Crippen molar-refractivity contribution >= 4 is 18.4 Å². The second-order valence-electron chi connectivity index (χ2n) is 5.50. The molecule has 1 heterocycles. The number of quaternary nitrogens is 1. The van der Waals surface area contributed by atoms with Crippen LogP contribution in [-0.4, -0.2) is 47.1 Å². The highest BCUT2D eigenvalue weighted by Gasteiger charge is 2.14. The molecule has 1 aromatic rings. The molecule has 0 aromatic carbocycles. The summed E-state index contributed by atoms with van der Waals surface area (Å²) in [7, 11) is 0. The summed E-state index contributed by atoms with van der Waals surface area (Å²) in [5, 5.41) is 14.4. The SMILES string of the molecule is CC[C@H](C)n1c(O)c(/C=N/NCC[NH+](CC)CC)c(=O)[nH]c1=S. The highest BCUT2D eigenvalue weighted by Crippen LogP contribution is 2.19. The van der Waals surface area contributed by atoms with Crippen molar-refractivity contribution in [3.05, 3.63) is 20.7 Å². The molecule has 0 aliphatic rings. The van der Waals surface area contributed by atoms with Crippen LogP contribution in [0.2, 0.25) is 0 Å². The molecule has 0 saturated carbocycles. The summed E-state index contributed by atoms with van der Waals surface area (Å²) in [5.41, 5.74) is 2.59. The molecule has 0 bridgehead atoms. The quantitative estimate of drug-likeness (QED) is 0.227. The van der Waals surface area contributed by atoms with Crippen LogP contribution in [-0.2, 0) is 0 Å². The molecule has 0 unspecified atom stereocenters. The molecule has 7 nitrogen and oxygen atoms in total. The van der Waals surface area contributed by atoms with Gasteiger partial charge in [0, 0.05) is 6.04 Å². The Morgan fingerprint density at radius 3 is 2.65 bits per heavy atom. The van der Waals surface area contributed by atoms with Crippen molar-refractivity contribution in [2.24, 2.45) is 5.10 Å². The highest BCUT2D eigenvalue weighted by atomic mass is 32.1. The first-order chi connectivity index (χ1) is 11.0. The minimum atomic E-state index is -0.438. The zero-order chi connectivity index (χ0) is 17.4. The number of aromatic hydroxyl groups is 1. The fourth-order valence-electron chi connectivity index (χ4n) is 2.27. The van der Waals surface area contributed by atoms with E-state index < -0.39 is 5.56 Å². The maximum Gasteiger partial charge on any atom is 0.264 e. The van der Waals surface area contributed by atoms with Gasteiger partial charge in [0.05, 0.1) is 32.4 Å². The Morgan fingerprint density at radius 1 is 1.43 bits per heavy atom. The van der Waals surface area contributed by atoms with Gasteiger partial charge < -0.3 is 15.4 Å². The molecular formula is C15H28N5O2S+. The average molecular weight is 342 g/mol. The highest BCUT2D eigenvalue weighted by molar-refractivity contribution is 7.71. The summed E-state index contributed by atoms with van der Waals surface area (Å²) in [4.78, 5) is 16.0. The van der Waals surface area contributed by atoms with E-state index in [1.165, 1.54) is 15.7 Å². The first-order valence-corrected chi connectivity index (χ1v) is 8.54. The van der Waals surface area contributed by atoms with Crippen molar-refractivity contribution < 1.29 is 10.0 Å². The number of nitrogens with one attached hydrogen (secondary N) is 3. The number of aromatic nitrogens is 2. The molecule has 0 amide bonds. The number of hydrogen-bond acceptors (Lipinski definition) is 5. The van der Waals surface area contributed by atoms with E-state index in [0.29, 0.717) is 6.54 Å². The Hall–Kier alpha value is -1.67. The number of rotatable bonds is 9. The molecule has 0 saturated heterocycles. The number of H-pyrrole nitrogens is 1. The van der Waals surface area contributed by atoms with Crippen LogP contribution in [0.5, 0.6) is 5.88 Å². The minimum Gasteiger partial charge on any atom is -0.494 e. The predicted molar refractivity (Wildman–Crippen MR) is 95.1 cm³/mol. The van der Waals surface area contributed by atoms with E-state index >= 15 is 0 Å². The van der Waals surface area contributed by atoms with Gasteiger partial charge in [-0.2, -0.15) is 5.10 Å². The van der Waals surface area contributed by atoms with Crippen LogP contribution >= 0.6 is 12.2 Å². The Kier molecular flexibility index (Phi) is 7.97. The predicted octanol–water partition coefficient (Wildman–Crippen LogP) is 0.431. The van der Waals surface area contributed by atoms with E-state index in [1.807, 2.05) is 13.8 Å². The number of hydrazone groups is 1. The van der Waals surface area contributed by atoms with Crippen LogP contribution < -0.4 is 15.9 Å². The molecule has 130 valence electrons. The first kappa shape index (κ1) is 19.4. The van der Waals surface area contributed by atoms with Gasteiger partial charge in [0.15, 0.2) is 4.77 Å². The van der Waals surface area contributed by atoms with Crippen LogP contribution in [0.3, 0.4) is 0 Å². The number of nitrogens with zero attached hydrogens (tertiary/aromatic N) is 2. The van der Waals surface area contributed by atoms with Crippen LogP contribution in [0.25, 0.3) is 0 Å². The average Bonchev–Trinajstić information content (AvgIpc) is 2.52. The van der Waals surface area contributed by atoms with Gasteiger partial charge in [0.2, 0.25) is 5.88 Å². The van der Waals surface area contributed by atoms with E-state index in [2.05, 4.69) is 29.4 Å². The lowest BCUT2D eigenvalue weighted by Crippen LogP contribution is -3.12. The standard InChI is InChI=1S/C15H27N5O2S/c1-5-11(4)20-14(22)12(13(21)18-15(20)23)10-17-16-8-9-19(6-2)7-3/h10-11,16,22H,5-9H2,1-4H3,(H,18,21,23)/p+1/b17-10+/t11-/m0/s1. The lowest BCUT2D eigenvalue weighted by Gasteiger charge is -2.16. The molecule has 0 aliphatic carbocycles. The van der Waals surface area contributed by atoms with Crippen LogP contribution in [0.15, 0.2) is 9.90 Å². The third-order valence-electron chi connectivity index (χ3n) is 4.06. The normalized spacial score (nSPS) is 12.9. The van der Waals surface area contributed by atoms with Crippen molar-refractivity contribution in [2.75, 3.05) is 26.2 Å². The smallest absolute Gasteiger partial charge is 0.264 e. The molecule has 0 aliphatic heterocycles. The molecule has 0 radical (unpaired) electrons. The topological polar surface area (TPSA) is 86.8 Å². The fraction of sp³-hybridized carbons (Fsp3) is 0.667. The molecule has 1 atom stereocenters. The zero-order valence-corrected chi connectivity index (χ0v) is 15.2. The van der Waals surface area contributed by atoms with Gasteiger partial charge in [0.1, 0.15) is 5.56 Å². The molecule has 8 heteroatoms. The van der Waals surface area contributed by atoms with Crippen LogP contribution in [0.4, 0.5) is 0 Å². The van der Waals surface area contributed by atoms with Gasteiger partial charge in [-0.25, -0.2) is 0 Å².